The van der Waals surface area contributed by atoms with Crippen molar-refractivity contribution in [3.8, 4) is 28.7 Å². The van der Waals surface area contributed by atoms with Crippen LogP contribution in [-0.4, -0.2) is 273 Å². The number of methoxy groups -OCH3 is 4. The Bertz CT molecular complexity index is 6550. The van der Waals surface area contributed by atoms with E-state index >= 15 is 0 Å². The summed E-state index contributed by atoms with van der Waals surface area (Å²) in [6, 6.07) is 48.3. The summed E-state index contributed by atoms with van der Waals surface area (Å²) in [7, 11) is 2.98. The van der Waals surface area contributed by atoms with Gasteiger partial charge in [0, 0.05) is 205 Å². The summed E-state index contributed by atoms with van der Waals surface area (Å²) in [6.07, 6.45) is 4.19. The van der Waals surface area contributed by atoms with E-state index < -0.39 is 52.5 Å². The summed E-state index contributed by atoms with van der Waals surface area (Å²) in [4.78, 5) is 52.2. The Hall–Kier alpha value is -11.7. The maximum Gasteiger partial charge on any atom is 0.421 e. The predicted molar refractivity (Wildman–Crippen MR) is 574 cm³/mol. The highest BCUT2D eigenvalue weighted by atomic mass is 35.5. The number of ether oxygens (including phenoxy) is 4. The smallest absolute Gasteiger partial charge is 0.421 e. The molecular formula is C102H131ClF6N22O10P4. The Morgan fingerprint density at radius 2 is 1.07 bits per heavy atom. The minimum Gasteiger partial charge on any atom is -0.497 e. The number of rotatable bonds is 30. The number of anilines is 11. The van der Waals surface area contributed by atoms with Crippen LogP contribution in [0.1, 0.15) is 67.3 Å². The molecule has 5 aliphatic heterocycles. The molecule has 32 nitrogen and oxygen atoms in total. The number of amidine groups is 1. The quantitative estimate of drug-likeness (QED) is 0.0121. The Morgan fingerprint density at radius 3 is 1.63 bits per heavy atom. The van der Waals surface area contributed by atoms with Gasteiger partial charge in [-0.05, 0) is 220 Å². The number of nitrogens with one attached hydrogen (secondary N) is 4. The molecule has 0 unspecified atom stereocenters. The second-order valence-corrected chi connectivity index (χ2v) is 49.1. The fourth-order valence-electron chi connectivity index (χ4n) is 17.7. The molecule has 16 rings (SSSR count). The molecule has 0 aliphatic carbocycles. The van der Waals surface area contributed by atoms with Gasteiger partial charge in [0.15, 0.2) is 5.84 Å². The molecule has 43 heteroatoms. The number of halogens is 7. The Labute approximate surface area is 849 Å². The molecule has 0 spiro atoms. The van der Waals surface area contributed by atoms with Crippen molar-refractivity contribution < 1.29 is 72.6 Å². The van der Waals surface area contributed by atoms with Crippen LogP contribution in [-0.2, 0) is 58.8 Å². The molecule has 0 radical (unpaired) electrons. The van der Waals surface area contributed by atoms with Crippen molar-refractivity contribution in [3.63, 3.8) is 0 Å². The molecule has 0 atom stereocenters. The Balaban J connectivity index is 0.000000165. The van der Waals surface area contributed by atoms with E-state index in [0.29, 0.717) is 81.6 Å². The van der Waals surface area contributed by atoms with Gasteiger partial charge in [-0.1, -0.05) is 48.0 Å². The molecule has 9 heterocycles. The lowest BCUT2D eigenvalue weighted by Crippen LogP contribution is -2.52. The summed E-state index contributed by atoms with van der Waals surface area (Å²) in [5.41, 5.74) is 13.7. The second kappa shape index (κ2) is 49.2. The molecule has 4 fully saturated rings. The van der Waals surface area contributed by atoms with Crippen LogP contribution in [0.4, 0.5) is 95.6 Å². The van der Waals surface area contributed by atoms with Crippen molar-refractivity contribution >= 4 is 149 Å². The zero-order chi connectivity index (χ0) is 104. The lowest BCUT2D eigenvalue weighted by molar-refractivity contribution is -0.138. The Kier molecular flexibility index (Phi) is 37.5. The van der Waals surface area contributed by atoms with Gasteiger partial charge in [0.2, 0.25) is 17.8 Å². The molecule has 6 N–H and O–H groups in total. The summed E-state index contributed by atoms with van der Waals surface area (Å²) >= 11 is 6.42. The van der Waals surface area contributed by atoms with E-state index in [-0.39, 0.29) is 60.3 Å². The van der Waals surface area contributed by atoms with Crippen LogP contribution < -0.4 is 81.5 Å². The van der Waals surface area contributed by atoms with Crippen LogP contribution >= 0.6 is 40.6 Å². The number of alkyl halides is 6. The van der Waals surface area contributed by atoms with Gasteiger partial charge in [-0.3, -0.25) is 14.4 Å². The average Bonchev–Trinajstić information content (AvgIpc) is 1.53. The van der Waals surface area contributed by atoms with Crippen molar-refractivity contribution in [3.05, 3.63) is 215 Å². The number of hydrogen-bond donors (Lipinski definition) is 5. The molecule has 0 amide bonds. The number of nitrogens with two attached hydrogens (primary N) is 1. The first kappa shape index (κ1) is 111. The standard InChI is InChI=1S/C32H47ClN7O4P.C31H40N7O2P.C23H24F3N4O2P.C16H20F3N4O2P/c1-5-43-45(41,44-6-2)23-25-9-7-8-10-29(25)37-32(28(33)22-34)36-24-35-30-12-11-27(21-31(30)42-4)39-15-13-26(14-16-39)40-19-17-38(3)18-20-40;1-35-17-19-37(20-18-35)24-12-14-36(15-13-24)25-9-10-26(28(21-25)40-2)33-31-32-22-23-11-16-38(30(23)34-31)27-7-5-6-8-29(27)41(3,4)39;1-32-18-7-4-15-10-11-30(14-16(15)12-18)21-20(23(24,25)26)13-27-22(29-21)28-17-5-8-19(9-6-17)33(2,3)31;1-23(2)14-11(16(17,18)19)9-20-15(22-14)21-12-7-6-10(26(4,5)24)8-13(12)25-3/h7-12,21-22,24,26H,5-6,13-20,23,34H2,1-4H3,(H,35,36,37);5-11,16,21-22,24H,12-15,17-20H2,1-4H3,(H,32,33,34);4-9,12-13H,10-11,14H2,1-3H3,(H,27,28,29);6-9H,1-5H3,(H,20,21,22). The van der Waals surface area contributed by atoms with Crippen LogP contribution in [0.3, 0.4) is 0 Å². The van der Waals surface area contributed by atoms with E-state index in [1.807, 2.05) is 108 Å². The second-order valence-electron chi connectivity index (χ2n) is 37.0. The minimum atomic E-state index is -4.59. The average molecular weight is 2100 g/mol. The van der Waals surface area contributed by atoms with Gasteiger partial charge in [0.25, 0.3) is 0 Å². The zero-order valence-corrected chi connectivity index (χ0v) is 89.1. The van der Waals surface area contributed by atoms with Crippen LogP contribution in [0.2, 0.25) is 0 Å². The number of fused-ring (bicyclic) bond motifs is 2. The van der Waals surface area contributed by atoms with Crippen molar-refractivity contribution in [2.24, 2.45) is 15.7 Å². The van der Waals surface area contributed by atoms with Crippen LogP contribution in [0.5, 0.6) is 23.0 Å². The first-order chi connectivity index (χ1) is 69.1. The van der Waals surface area contributed by atoms with Gasteiger partial charge >= 0.3 is 19.9 Å². The van der Waals surface area contributed by atoms with Crippen molar-refractivity contribution in [2.75, 3.05) is 236 Å². The van der Waals surface area contributed by atoms with Gasteiger partial charge in [0.05, 0.1) is 69.9 Å². The number of piperidine rings is 2. The fourth-order valence-corrected chi connectivity index (χ4v) is 22.4. The molecule has 0 saturated carbocycles. The van der Waals surface area contributed by atoms with Crippen LogP contribution in [0.25, 0.3) is 16.7 Å². The van der Waals surface area contributed by atoms with Gasteiger partial charge in [0.1, 0.15) is 84.9 Å². The maximum absolute atomic E-state index is 13.8. The third-order valence-corrected chi connectivity index (χ3v) is 32.6. The first-order valence-corrected chi connectivity index (χ1v) is 57.8. The Morgan fingerprint density at radius 1 is 0.538 bits per heavy atom. The van der Waals surface area contributed by atoms with Crippen molar-refractivity contribution in [1.29, 1.82) is 0 Å². The zero-order valence-electron chi connectivity index (χ0n) is 84.8. The van der Waals surface area contributed by atoms with Crippen LogP contribution in [0, 0.1) is 0 Å². The largest absolute Gasteiger partial charge is 0.497 e. The van der Waals surface area contributed by atoms with E-state index in [1.54, 1.807) is 123 Å². The molecule has 7 aromatic carbocycles. The monoisotopic (exact) mass is 2100 g/mol. The maximum atomic E-state index is 13.8. The third kappa shape index (κ3) is 29.4. The molecule has 11 aromatic rings. The van der Waals surface area contributed by atoms with Crippen LogP contribution in [0.15, 0.2) is 198 Å². The SMILES string of the molecule is CCOP(=O)(Cc1ccccc1NC(=NC=Nc1ccc(N2CCC(N3CCN(C)CC3)CC2)cc1OC)C(Cl)=CN)OCC.COc1cc(N2CCC(N3CCN(C)CC3)CC2)ccc1Nc1ncc2ccn(-c3ccccc3P(C)(C)=O)c2n1.COc1cc(P(C)(C)=O)ccc1Nc1ncc(C(F)(F)F)c(N(C)C)n1.COc1ccc2c(c1)CN(c1nc(Nc3ccc(P(C)(C)=O)cc3)ncc1C(F)(F)F)CC2. The van der Waals surface area contributed by atoms with Crippen molar-refractivity contribution in [1.82, 2.24) is 54.1 Å². The fraction of sp³-hybridized carbons (Fsp3) is 0.412. The summed E-state index contributed by atoms with van der Waals surface area (Å²) < 4.78 is 166. The highest BCUT2D eigenvalue weighted by Gasteiger charge is 2.40. The number of para-hydroxylation sites is 2. The van der Waals surface area contributed by atoms with Crippen molar-refractivity contribution in [2.45, 2.75) is 83.1 Å². The topological polar surface area (TPSA) is 331 Å². The summed E-state index contributed by atoms with van der Waals surface area (Å²) in [5, 5.41) is 15.6. The number of benzene rings is 7. The molecule has 5 aliphatic rings. The summed E-state index contributed by atoms with van der Waals surface area (Å²) in [6.45, 7) is 28.4. The van der Waals surface area contributed by atoms with Gasteiger partial charge in [-0.15, -0.1) is 0 Å². The molecular weight excluding hydrogens is 1970 g/mol. The first-order valence-electron chi connectivity index (χ1n) is 47.8. The van der Waals surface area contributed by atoms with E-state index in [2.05, 4.69) is 118 Å². The highest BCUT2D eigenvalue weighted by Crippen LogP contribution is 2.53. The molecule has 145 heavy (non-hydrogen) atoms. The molecule has 0 bridgehead atoms. The minimum absolute atomic E-state index is 0.0103. The number of nitrogens with zero attached hydrogens (tertiary/aromatic N) is 17. The van der Waals surface area contributed by atoms with E-state index in [0.717, 1.165) is 133 Å². The van der Waals surface area contributed by atoms with E-state index in [9.17, 15) is 44.6 Å². The number of aromatic nitrogens is 7. The van der Waals surface area contributed by atoms with Gasteiger partial charge < -0.3 is 103 Å². The number of piperazine rings is 2. The van der Waals surface area contributed by atoms with Gasteiger partial charge in [-0.2, -0.15) is 41.3 Å². The third-order valence-electron chi connectivity index (χ3n) is 25.6. The molecule has 4 saturated heterocycles. The summed E-state index contributed by atoms with van der Waals surface area (Å²) in [5.74, 6) is 2.83. The highest BCUT2D eigenvalue weighted by molar-refractivity contribution is 7.70. The van der Waals surface area contributed by atoms with Gasteiger partial charge in [-0.25, -0.2) is 24.9 Å². The lowest BCUT2D eigenvalue weighted by Gasteiger charge is -2.42. The lowest BCUT2D eigenvalue weighted by atomic mass is 9.99. The number of hydrogen-bond acceptors (Lipinski definition) is 29. The number of likely N-dealkylation sites (N-methyl/N-ethyl adjacent to an activating group) is 2. The van der Waals surface area contributed by atoms with E-state index in [4.69, 9.17) is 50.3 Å². The normalized spacial score (nSPS) is 16.0. The predicted octanol–water partition coefficient (Wildman–Crippen LogP) is 19.1. The molecule has 4 aromatic heterocycles. The molecule has 778 valence electrons. The number of aliphatic imine (C=N–C) groups is 2. The van der Waals surface area contributed by atoms with E-state index in [1.165, 1.54) is 83.4 Å².